The van der Waals surface area contributed by atoms with E-state index in [9.17, 15) is 9.18 Å². The van der Waals surface area contributed by atoms with Crippen LogP contribution < -0.4 is 0 Å². The fourth-order valence-corrected chi connectivity index (χ4v) is 1.62. The van der Waals surface area contributed by atoms with Crippen LogP contribution in [0.5, 0.6) is 0 Å². The topological polar surface area (TPSA) is 30.0 Å². The van der Waals surface area contributed by atoms with Gasteiger partial charge in [-0.1, -0.05) is 30.3 Å². The third kappa shape index (κ3) is 2.97. The van der Waals surface area contributed by atoms with Gasteiger partial charge in [0.05, 0.1) is 5.56 Å². The molecule has 1 aromatic heterocycles. The lowest BCUT2D eigenvalue weighted by Gasteiger charge is -2.02. The van der Waals surface area contributed by atoms with E-state index in [1.54, 1.807) is 0 Å². The second kappa shape index (κ2) is 5.34. The smallest absolute Gasteiger partial charge is 0.167 e. The second-order valence-corrected chi connectivity index (χ2v) is 3.76. The van der Waals surface area contributed by atoms with E-state index in [1.807, 2.05) is 30.3 Å². The van der Waals surface area contributed by atoms with E-state index in [-0.39, 0.29) is 11.3 Å². The van der Waals surface area contributed by atoms with Crippen molar-refractivity contribution >= 4 is 5.78 Å². The SMILES string of the molecule is O=C(CCc1ccccc1)c1cnccc1F. The lowest BCUT2D eigenvalue weighted by atomic mass is 10.0. The molecule has 17 heavy (non-hydrogen) atoms. The van der Waals surface area contributed by atoms with Gasteiger partial charge in [-0.3, -0.25) is 9.78 Å². The van der Waals surface area contributed by atoms with E-state index in [2.05, 4.69) is 4.98 Å². The molecule has 0 fully saturated rings. The summed E-state index contributed by atoms with van der Waals surface area (Å²) in [5, 5.41) is 0. The van der Waals surface area contributed by atoms with Crippen LogP contribution in [0.2, 0.25) is 0 Å². The maximum Gasteiger partial charge on any atom is 0.167 e. The number of ketones is 1. The van der Waals surface area contributed by atoms with Crippen molar-refractivity contribution in [2.24, 2.45) is 0 Å². The molecule has 0 saturated heterocycles. The van der Waals surface area contributed by atoms with Crippen molar-refractivity contribution < 1.29 is 9.18 Å². The average molecular weight is 229 g/mol. The number of aromatic nitrogens is 1. The average Bonchev–Trinajstić information content (AvgIpc) is 2.38. The van der Waals surface area contributed by atoms with Crippen LogP contribution in [0.15, 0.2) is 48.8 Å². The van der Waals surface area contributed by atoms with E-state index < -0.39 is 5.82 Å². The quantitative estimate of drug-likeness (QED) is 0.754. The summed E-state index contributed by atoms with van der Waals surface area (Å²) < 4.78 is 13.3. The van der Waals surface area contributed by atoms with Crippen molar-refractivity contribution in [3.8, 4) is 0 Å². The molecule has 2 aromatic rings. The van der Waals surface area contributed by atoms with Gasteiger partial charge < -0.3 is 0 Å². The van der Waals surface area contributed by atoms with Gasteiger partial charge in [0.15, 0.2) is 5.78 Å². The van der Waals surface area contributed by atoms with Crippen molar-refractivity contribution in [1.82, 2.24) is 4.98 Å². The Morgan fingerprint density at radius 2 is 1.94 bits per heavy atom. The number of carbonyl (C=O) groups excluding carboxylic acids is 1. The Morgan fingerprint density at radius 1 is 1.18 bits per heavy atom. The Kier molecular flexibility index (Phi) is 3.60. The van der Waals surface area contributed by atoms with Crippen LogP contribution in [-0.4, -0.2) is 10.8 Å². The number of hydrogen-bond acceptors (Lipinski definition) is 2. The van der Waals surface area contributed by atoms with Crippen LogP contribution in [0.1, 0.15) is 22.3 Å². The first-order valence-electron chi connectivity index (χ1n) is 5.44. The number of pyridine rings is 1. The first-order valence-corrected chi connectivity index (χ1v) is 5.44. The van der Waals surface area contributed by atoms with Crippen LogP contribution in [0, 0.1) is 5.82 Å². The molecule has 2 rings (SSSR count). The van der Waals surface area contributed by atoms with Crippen molar-refractivity contribution in [1.29, 1.82) is 0 Å². The molecular weight excluding hydrogens is 217 g/mol. The molecule has 0 aliphatic carbocycles. The predicted octanol–water partition coefficient (Wildman–Crippen LogP) is 3.04. The van der Waals surface area contributed by atoms with Gasteiger partial charge in [0.2, 0.25) is 0 Å². The Hall–Kier alpha value is -2.03. The summed E-state index contributed by atoms with van der Waals surface area (Å²) in [6, 6.07) is 10.9. The molecule has 0 atom stereocenters. The summed E-state index contributed by atoms with van der Waals surface area (Å²) in [6.07, 6.45) is 3.53. The van der Waals surface area contributed by atoms with Gasteiger partial charge in [-0.15, -0.1) is 0 Å². The molecule has 86 valence electrons. The van der Waals surface area contributed by atoms with Gasteiger partial charge in [-0.25, -0.2) is 4.39 Å². The Bertz CT molecular complexity index is 511. The molecule has 2 nitrogen and oxygen atoms in total. The van der Waals surface area contributed by atoms with Crippen molar-refractivity contribution in [2.45, 2.75) is 12.8 Å². The maximum atomic E-state index is 13.3. The number of hydrogen-bond donors (Lipinski definition) is 0. The Labute approximate surface area is 99.1 Å². The molecule has 3 heteroatoms. The number of benzene rings is 1. The Morgan fingerprint density at radius 3 is 2.65 bits per heavy atom. The van der Waals surface area contributed by atoms with Gasteiger partial charge in [-0.2, -0.15) is 0 Å². The second-order valence-electron chi connectivity index (χ2n) is 3.76. The number of nitrogens with zero attached hydrogens (tertiary/aromatic N) is 1. The fourth-order valence-electron chi connectivity index (χ4n) is 1.62. The normalized spacial score (nSPS) is 10.2. The molecule has 0 aliphatic rings. The summed E-state index contributed by atoms with van der Waals surface area (Å²) in [7, 11) is 0. The van der Waals surface area contributed by atoms with E-state index >= 15 is 0 Å². The van der Waals surface area contributed by atoms with Crippen molar-refractivity contribution in [3.05, 3.63) is 65.7 Å². The van der Waals surface area contributed by atoms with Crippen LogP contribution >= 0.6 is 0 Å². The van der Waals surface area contributed by atoms with Crippen LogP contribution in [0.25, 0.3) is 0 Å². The summed E-state index contributed by atoms with van der Waals surface area (Å²) >= 11 is 0. The molecule has 1 aromatic carbocycles. The summed E-state index contributed by atoms with van der Waals surface area (Å²) in [6.45, 7) is 0. The maximum absolute atomic E-state index is 13.3. The van der Waals surface area contributed by atoms with Crippen molar-refractivity contribution in [2.75, 3.05) is 0 Å². The van der Waals surface area contributed by atoms with Crippen LogP contribution in [0.3, 0.4) is 0 Å². The number of aryl methyl sites for hydroxylation is 1. The minimum atomic E-state index is -0.502. The van der Waals surface area contributed by atoms with E-state index in [0.29, 0.717) is 12.8 Å². The summed E-state index contributed by atoms with van der Waals surface area (Å²) in [5.74, 6) is -0.711. The van der Waals surface area contributed by atoms with Crippen LogP contribution in [-0.2, 0) is 6.42 Å². The fraction of sp³-hybridized carbons (Fsp3) is 0.143. The predicted molar refractivity (Wildman–Crippen MR) is 63.3 cm³/mol. The highest BCUT2D eigenvalue weighted by Gasteiger charge is 2.11. The van der Waals surface area contributed by atoms with Gasteiger partial charge in [0.25, 0.3) is 0 Å². The van der Waals surface area contributed by atoms with E-state index in [4.69, 9.17) is 0 Å². The largest absolute Gasteiger partial charge is 0.294 e. The number of Topliss-reactive ketones (excluding diaryl/α,β-unsaturated/α-hetero) is 1. The number of halogens is 1. The zero-order valence-electron chi connectivity index (χ0n) is 9.27. The van der Waals surface area contributed by atoms with Gasteiger partial charge in [0.1, 0.15) is 5.82 Å². The zero-order chi connectivity index (χ0) is 12.1. The first kappa shape index (κ1) is 11.5. The monoisotopic (exact) mass is 229 g/mol. The highest BCUT2D eigenvalue weighted by molar-refractivity contribution is 5.96. The highest BCUT2D eigenvalue weighted by Crippen LogP contribution is 2.10. The molecule has 1 heterocycles. The number of rotatable bonds is 4. The van der Waals surface area contributed by atoms with Gasteiger partial charge in [0, 0.05) is 18.8 Å². The minimum absolute atomic E-state index is 0.0726. The molecule has 0 radical (unpaired) electrons. The third-order valence-corrected chi connectivity index (χ3v) is 2.55. The third-order valence-electron chi connectivity index (χ3n) is 2.55. The van der Waals surface area contributed by atoms with Crippen LogP contribution in [0.4, 0.5) is 4.39 Å². The summed E-state index contributed by atoms with van der Waals surface area (Å²) in [5.41, 5.74) is 1.15. The summed E-state index contributed by atoms with van der Waals surface area (Å²) in [4.78, 5) is 15.5. The minimum Gasteiger partial charge on any atom is -0.294 e. The van der Waals surface area contributed by atoms with E-state index in [0.717, 1.165) is 5.56 Å². The van der Waals surface area contributed by atoms with Gasteiger partial charge in [-0.05, 0) is 18.1 Å². The lowest BCUT2D eigenvalue weighted by Crippen LogP contribution is -2.04. The molecule has 0 aliphatic heterocycles. The standard InChI is InChI=1S/C14H12FNO/c15-13-8-9-16-10-12(13)14(17)7-6-11-4-2-1-3-5-11/h1-5,8-10H,6-7H2. The first-order chi connectivity index (χ1) is 8.27. The number of carbonyl (C=O) groups is 1. The molecule has 0 saturated carbocycles. The molecule has 0 spiro atoms. The van der Waals surface area contributed by atoms with Crippen molar-refractivity contribution in [3.63, 3.8) is 0 Å². The molecule has 0 unspecified atom stereocenters. The lowest BCUT2D eigenvalue weighted by molar-refractivity contribution is 0.0978. The molecule has 0 bridgehead atoms. The Balaban J connectivity index is 2.01. The van der Waals surface area contributed by atoms with Gasteiger partial charge >= 0.3 is 0 Å². The van der Waals surface area contributed by atoms with E-state index in [1.165, 1.54) is 18.5 Å². The highest BCUT2D eigenvalue weighted by atomic mass is 19.1. The molecule has 0 N–H and O–H groups in total. The molecule has 0 amide bonds. The molecular formula is C14H12FNO. The zero-order valence-corrected chi connectivity index (χ0v) is 9.27.